The van der Waals surface area contributed by atoms with Crippen molar-refractivity contribution < 1.29 is 9.47 Å². The monoisotopic (exact) mass is 307 g/mol. The van der Waals surface area contributed by atoms with Gasteiger partial charge in [0.2, 0.25) is 0 Å². The number of benzene rings is 2. The van der Waals surface area contributed by atoms with Crippen LogP contribution < -0.4 is 15.2 Å². The summed E-state index contributed by atoms with van der Waals surface area (Å²) in [6, 6.07) is 12.5. The first kappa shape index (κ1) is 14.6. The number of halogens is 1. The van der Waals surface area contributed by atoms with E-state index < -0.39 is 0 Å². The normalized spacial score (nSPS) is 10.1. The van der Waals surface area contributed by atoms with E-state index in [-0.39, 0.29) is 4.99 Å². The van der Waals surface area contributed by atoms with Crippen LogP contribution in [0.1, 0.15) is 12.5 Å². The number of rotatable bonds is 5. The molecule has 0 fully saturated rings. The van der Waals surface area contributed by atoms with Gasteiger partial charge in [0.1, 0.15) is 10.7 Å². The Bertz CT molecular complexity index is 631. The minimum atomic E-state index is 0.255. The van der Waals surface area contributed by atoms with Crippen LogP contribution in [0.2, 0.25) is 5.02 Å². The molecule has 2 N–H and O–H groups in total. The molecule has 0 radical (unpaired) electrons. The Labute approximate surface area is 128 Å². The molecule has 0 aliphatic carbocycles. The van der Waals surface area contributed by atoms with Crippen LogP contribution in [0.4, 0.5) is 0 Å². The van der Waals surface area contributed by atoms with E-state index in [2.05, 4.69) is 0 Å². The van der Waals surface area contributed by atoms with Gasteiger partial charge in [-0.25, -0.2) is 0 Å². The Morgan fingerprint density at radius 3 is 2.50 bits per heavy atom. The lowest BCUT2D eigenvalue weighted by Gasteiger charge is -2.14. The fraction of sp³-hybridized carbons (Fsp3) is 0.133. The molecule has 0 aromatic heterocycles. The number of ether oxygens (including phenoxy) is 2. The van der Waals surface area contributed by atoms with Crippen molar-refractivity contribution in [2.75, 3.05) is 6.61 Å². The molecule has 2 aromatic rings. The molecule has 0 aliphatic heterocycles. The van der Waals surface area contributed by atoms with Crippen molar-refractivity contribution in [2.45, 2.75) is 6.92 Å². The van der Waals surface area contributed by atoms with Crippen LogP contribution in [0.25, 0.3) is 0 Å². The van der Waals surface area contributed by atoms with Gasteiger partial charge in [-0.2, -0.15) is 0 Å². The number of thiocarbonyl (C=S) groups is 1. The number of hydrogen-bond acceptors (Lipinski definition) is 3. The van der Waals surface area contributed by atoms with Gasteiger partial charge in [-0.15, -0.1) is 0 Å². The highest BCUT2D eigenvalue weighted by Crippen LogP contribution is 2.34. The van der Waals surface area contributed by atoms with Crippen LogP contribution in [0, 0.1) is 0 Å². The van der Waals surface area contributed by atoms with Crippen LogP contribution in [0.5, 0.6) is 17.2 Å². The van der Waals surface area contributed by atoms with E-state index >= 15 is 0 Å². The van der Waals surface area contributed by atoms with Gasteiger partial charge in [0.05, 0.1) is 12.2 Å². The lowest BCUT2D eigenvalue weighted by molar-refractivity contribution is 0.321. The summed E-state index contributed by atoms with van der Waals surface area (Å²) in [5.74, 6) is 1.76. The molecular weight excluding hydrogens is 294 g/mol. The van der Waals surface area contributed by atoms with Gasteiger partial charge >= 0.3 is 0 Å². The molecule has 0 heterocycles. The highest BCUT2D eigenvalue weighted by molar-refractivity contribution is 7.80. The smallest absolute Gasteiger partial charge is 0.169 e. The first-order valence-electron chi connectivity index (χ1n) is 6.11. The van der Waals surface area contributed by atoms with Gasteiger partial charge in [-0.1, -0.05) is 36.0 Å². The maximum absolute atomic E-state index is 5.99. The lowest BCUT2D eigenvalue weighted by atomic mass is 10.2. The summed E-state index contributed by atoms with van der Waals surface area (Å²) in [4.78, 5) is 0.255. The van der Waals surface area contributed by atoms with Crippen LogP contribution in [-0.2, 0) is 0 Å². The average Bonchev–Trinajstić information content (AvgIpc) is 2.41. The Morgan fingerprint density at radius 1 is 1.15 bits per heavy atom. The minimum Gasteiger partial charge on any atom is -0.490 e. The Balaban J connectivity index is 2.39. The topological polar surface area (TPSA) is 44.5 Å². The van der Waals surface area contributed by atoms with E-state index in [1.165, 1.54) is 0 Å². The van der Waals surface area contributed by atoms with Gasteiger partial charge in [0.25, 0.3) is 0 Å². The zero-order valence-corrected chi connectivity index (χ0v) is 12.5. The van der Waals surface area contributed by atoms with Crippen molar-refractivity contribution in [3.8, 4) is 17.2 Å². The first-order chi connectivity index (χ1) is 9.61. The molecule has 0 atom stereocenters. The zero-order valence-electron chi connectivity index (χ0n) is 10.9. The Hall–Kier alpha value is -1.78. The van der Waals surface area contributed by atoms with E-state index in [9.17, 15) is 0 Å². The summed E-state index contributed by atoms with van der Waals surface area (Å²) >= 11 is 11.0. The summed E-state index contributed by atoms with van der Waals surface area (Å²) in [5.41, 5.74) is 6.33. The van der Waals surface area contributed by atoms with Crippen molar-refractivity contribution >= 4 is 28.8 Å². The lowest BCUT2D eigenvalue weighted by Crippen LogP contribution is -2.10. The molecule has 0 saturated carbocycles. The van der Waals surface area contributed by atoms with Crippen molar-refractivity contribution in [1.29, 1.82) is 0 Å². The van der Waals surface area contributed by atoms with Gasteiger partial charge in [0, 0.05) is 11.1 Å². The zero-order chi connectivity index (χ0) is 14.5. The van der Waals surface area contributed by atoms with Gasteiger partial charge in [-0.3, -0.25) is 0 Å². The molecule has 0 spiro atoms. The highest BCUT2D eigenvalue weighted by Gasteiger charge is 2.11. The second-order valence-corrected chi connectivity index (χ2v) is 4.86. The fourth-order valence-electron chi connectivity index (χ4n) is 1.71. The van der Waals surface area contributed by atoms with Crippen molar-refractivity contribution in [3.63, 3.8) is 0 Å². The molecule has 104 valence electrons. The SMILES string of the molecule is CCOc1ccccc1Oc1cc(Cl)ccc1C(N)=S. The second kappa shape index (κ2) is 6.59. The molecule has 0 saturated heterocycles. The predicted molar refractivity (Wildman–Crippen MR) is 85.0 cm³/mol. The van der Waals surface area contributed by atoms with E-state index in [1.54, 1.807) is 18.2 Å². The maximum atomic E-state index is 5.99. The van der Waals surface area contributed by atoms with Gasteiger partial charge < -0.3 is 15.2 Å². The summed E-state index contributed by atoms with van der Waals surface area (Å²) in [6.07, 6.45) is 0. The Morgan fingerprint density at radius 2 is 1.85 bits per heavy atom. The van der Waals surface area contributed by atoms with Crippen molar-refractivity contribution in [3.05, 3.63) is 53.1 Å². The van der Waals surface area contributed by atoms with Crippen LogP contribution >= 0.6 is 23.8 Å². The predicted octanol–water partition coefficient (Wildman–Crippen LogP) is 4.17. The third-order valence-corrected chi connectivity index (χ3v) is 3.03. The molecule has 0 bridgehead atoms. The number of nitrogens with two attached hydrogens (primary N) is 1. The third kappa shape index (κ3) is 3.40. The van der Waals surface area contributed by atoms with Crippen LogP contribution in [0.3, 0.4) is 0 Å². The average molecular weight is 308 g/mol. The summed E-state index contributed by atoms with van der Waals surface area (Å²) in [6.45, 7) is 2.47. The Kier molecular flexibility index (Phi) is 4.82. The van der Waals surface area contributed by atoms with Crippen LogP contribution in [0.15, 0.2) is 42.5 Å². The van der Waals surface area contributed by atoms with Crippen LogP contribution in [-0.4, -0.2) is 11.6 Å². The maximum Gasteiger partial charge on any atom is 0.169 e. The first-order valence-corrected chi connectivity index (χ1v) is 6.89. The van der Waals surface area contributed by atoms with Crippen molar-refractivity contribution in [2.24, 2.45) is 5.73 Å². The molecular formula is C15H14ClNO2S. The van der Waals surface area contributed by atoms with E-state index in [1.807, 2.05) is 31.2 Å². The molecule has 3 nitrogen and oxygen atoms in total. The van der Waals surface area contributed by atoms with Crippen molar-refractivity contribution in [1.82, 2.24) is 0 Å². The third-order valence-electron chi connectivity index (χ3n) is 2.58. The fourth-order valence-corrected chi connectivity index (χ4v) is 2.04. The standard InChI is InChI=1S/C15H14ClNO2S/c1-2-18-12-5-3-4-6-13(12)19-14-9-10(16)7-8-11(14)15(17)20/h3-9H,2H2,1H3,(H2,17,20). The van der Waals surface area contributed by atoms with E-state index in [0.29, 0.717) is 34.4 Å². The molecule has 5 heteroatoms. The van der Waals surface area contributed by atoms with E-state index in [0.717, 1.165) is 0 Å². The largest absolute Gasteiger partial charge is 0.490 e. The molecule has 2 aromatic carbocycles. The molecule has 0 unspecified atom stereocenters. The molecule has 2 rings (SSSR count). The minimum absolute atomic E-state index is 0.255. The molecule has 20 heavy (non-hydrogen) atoms. The van der Waals surface area contributed by atoms with Gasteiger partial charge in [-0.05, 0) is 31.2 Å². The highest BCUT2D eigenvalue weighted by atomic mass is 35.5. The summed E-state index contributed by atoms with van der Waals surface area (Å²) < 4.78 is 11.4. The number of hydrogen-bond donors (Lipinski definition) is 1. The summed E-state index contributed by atoms with van der Waals surface area (Å²) in [7, 11) is 0. The molecule has 0 amide bonds. The van der Waals surface area contributed by atoms with Gasteiger partial charge in [0.15, 0.2) is 11.5 Å². The second-order valence-electron chi connectivity index (χ2n) is 3.99. The quantitative estimate of drug-likeness (QED) is 0.842. The molecule has 0 aliphatic rings. The number of para-hydroxylation sites is 2. The summed E-state index contributed by atoms with van der Waals surface area (Å²) in [5, 5.41) is 0.550. The van der Waals surface area contributed by atoms with E-state index in [4.69, 9.17) is 39.0 Å².